The van der Waals surface area contributed by atoms with E-state index in [1.807, 2.05) is 30.3 Å². The zero-order chi connectivity index (χ0) is 17.1. The van der Waals surface area contributed by atoms with Crippen molar-refractivity contribution in [3.63, 3.8) is 0 Å². The lowest BCUT2D eigenvalue weighted by molar-refractivity contribution is -0.0318. The van der Waals surface area contributed by atoms with E-state index < -0.39 is 6.35 Å². The molecule has 1 unspecified atom stereocenters. The number of likely N-dealkylation sites (tertiary alicyclic amines) is 1. The van der Waals surface area contributed by atoms with Crippen LogP contribution in [0.5, 0.6) is 5.75 Å². The van der Waals surface area contributed by atoms with Crippen LogP contribution in [0, 0.1) is 5.92 Å². The van der Waals surface area contributed by atoms with Crippen LogP contribution in [0.3, 0.4) is 0 Å². The summed E-state index contributed by atoms with van der Waals surface area (Å²) >= 11 is 0. The minimum Gasteiger partial charge on any atom is -0.452 e. The summed E-state index contributed by atoms with van der Waals surface area (Å²) < 4.78 is 5.92. The Morgan fingerprint density at radius 2 is 1.72 bits per heavy atom. The largest absolute Gasteiger partial charge is 0.452 e. The molecular formula is C20H25N3O2. The average Bonchev–Trinajstić information content (AvgIpc) is 3.00. The lowest BCUT2D eigenvalue weighted by Crippen LogP contribution is -2.51. The number of para-hydroxylation sites is 2. The highest BCUT2D eigenvalue weighted by Gasteiger charge is 2.36. The minimum absolute atomic E-state index is 0.393. The van der Waals surface area contributed by atoms with Crippen LogP contribution in [0.25, 0.3) is 0 Å². The zero-order valence-electron chi connectivity index (χ0n) is 14.3. The summed E-state index contributed by atoms with van der Waals surface area (Å²) in [6.07, 6.45) is 1.84. The molecule has 25 heavy (non-hydrogen) atoms. The number of nitrogens with one attached hydrogen (secondary N) is 1. The SMILES string of the molecule is ON1c2ccccc2OC1N1CCC(CNCc2ccccc2)CC1. The molecule has 0 saturated carbocycles. The minimum atomic E-state index is -0.393. The van der Waals surface area contributed by atoms with E-state index in [9.17, 15) is 5.21 Å². The molecule has 5 nitrogen and oxygen atoms in total. The highest BCUT2D eigenvalue weighted by molar-refractivity contribution is 5.59. The van der Waals surface area contributed by atoms with Gasteiger partial charge in [-0.3, -0.25) is 5.21 Å². The Kier molecular flexibility index (Phi) is 4.88. The summed E-state index contributed by atoms with van der Waals surface area (Å²) in [5.74, 6) is 1.43. The van der Waals surface area contributed by atoms with E-state index in [4.69, 9.17) is 4.74 Å². The van der Waals surface area contributed by atoms with Crippen LogP contribution in [0.4, 0.5) is 5.69 Å². The van der Waals surface area contributed by atoms with E-state index in [0.717, 1.165) is 50.5 Å². The first-order valence-electron chi connectivity index (χ1n) is 9.04. The standard InChI is InChI=1S/C20H25N3O2/c24-23-18-8-4-5-9-19(18)25-20(23)22-12-10-17(11-13-22)15-21-14-16-6-2-1-3-7-16/h1-9,17,20-21,24H,10-15H2. The van der Waals surface area contributed by atoms with E-state index in [0.29, 0.717) is 5.92 Å². The smallest absolute Gasteiger partial charge is 0.254 e. The zero-order valence-corrected chi connectivity index (χ0v) is 14.3. The lowest BCUT2D eigenvalue weighted by atomic mass is 9.97. The van der Waals surface area contributed by atoms with Crippen molar-refractivity contribution in [3.05, 3.63) is 60.2 Å². The summed E-state index contributed by atoms with van der Waals surface area (Å²) in [5, 5.41) is 15.2. The second-order valence-electron chi connectivity index (χ2n) is 6.85. The molecule has 2 heterocycles. The second-order valence-corrected chi connectivity index (χ2v) is 6.85. The van der Waals surface area contributed by atoms with Gasteiger partial charge in [0.2, 0.25) is 0 Å². The van der Waals surface area contributed by atoms with Crippen LogP contribution >= 0.6 is 0 Å². The molecule has 2 aliphatic heterocycles. The molecule has 2 aromatic rings. The van der Waals surface area contributed by atoms with Crippen LogP contribution in [0.2, 0.25) is 0 Å². The first-order valence-corrected chi connectivity index (χ1v) is 9.04. The van der Waals surface area contributed by atoms with Gasteiger partial charge in [-0.1, -0.05) is 42.5 Å². The van der Waals surface area contributed by atoms with Gasteiger partial charge in [-0.15, -0.1) is 0 Å². The molecule has 4 rings (SSSR count). The van der Waals surface area contributed by atoms with Gasteiger partial charge in [0, 0.05) is 19.6 Å². The van der Waals surface area contributed by atoms with E-state index in [-0.39, 0.29) is 0 Å². The number of hydrogen-bond donors (Lipinski definition) is 2. The number of nitrogens with zero attached hydrogens (tertiary/aromatic N) is 2. The Bertz CT molecular complexity index is 686. The van der Waals surface area contributed by atoms with Crippen molar-refractivity contribution in [2.45, 2.75) is 25.7 Å². The molecule has 2 aliphatic rings. The quantitative estimate of drug-likeness (QED) is 0.877. The Morgan fingerprint density at radius 1 is 1.00 bits per heavy atom. The molecule has 132 valence electrons. The Hall–Kier alpha value is -2.08. The number of hydrogen-bond acceptors (Lipinski definition) is 5. The monoisotopic (exact) mass is 339 g/mol. The van der Waals surface area contributed by atoms with E-state index in [2.05, 4.69) is 34.5 Å². The first-order chi connectivity index (χ1) is 12.3. The third-order valence-electron chi connectivity index (χ3n) is 5.12. The number of piperidine rings is 1. The van der Waals surface area contributed by atoms with Crippen molar-refractivity contribution >= 4 is 5.69 Å². The van der Waals surface area contributed by atoms with Gasteiger partial charge >= 0.3 is 0 Å². The normalized spacial score (nSPS) is 21.2. The highest BCUT2D eigenvalue weighted by atomic mass is 16.6. The van der Waals surface area contributed by atoms with Crippen molar-refractivity contribution in [1.29, 1.82) is 0 Å². The van der Waals surface area contributed by atoms with Gasteiger partial charge in [-0.05, 0) is 43.0 Å². The third kappa shape index (κ3) is 3.63. The van der Waals surface area contributed by atoms with Crippen LogP contribution < -0.4 is 15.1 Å². The lowest BCUT2D eigenvalue weighted by Gasteiger charge is -2.36. The third-order valence-corrected chi connectivity index (χ3v) is 5.12. The van der Waals surface area contributed by atoms with Crippen molar-refractivity contribution in [2.75, 3.05) is 24.7 Å². The van der Waals surface area contributed by atoms with Gasteiger partial charge in [0.05, 0.1) is 0 Å². The number of hydroxylamine groups is 1. The Balaban J connectivity index is 1.24. The molecule has 2 N–H and O–H groups in total. The molecule has 1 saturated heterocycles. The molecule has 5 heteroatoms. The summed E-state index contributed by atoms with van der Waals surface area (Å²) in [5.41, 5.74) is 2.08. The fourth-order valence-corrected chi connectivity index (χ4v) is 3.65. The van der Waals surface area contributed by atoms with Crippen LogP contribution in [-0.4, -0.2) is 36.1 Å². The second kappa shape index (κ2) is 7.44. The number of rotatable bonds is 5. The predicted octanol–water partition coefficient (Wildman–Crippen LogP) is 3.06. The van der Waals surface area contributed by atoms with Gasteiger partial charge < -0.3 is 10.1 Å². The molecule has 0 amide bonds. The number of benzene rings is 2. The summed E-state index contributed by atoms with van der Waals surface area (Å²) in [7, 11) is 0. The molecule has 0 aromatic heterocycles. The number of ether oxygens (including phenoxy) is 1. The predicted molar refractivity (Wildman–Crippen MR) is 97.6 cm³/mol. The maximum absolute atomic E-state index is 10.4. The first kappa shape index (κ1) is 16.4. The fraction of sp³-hybridized carbons (Fsp3) is 0.400. The molecule has 0 aliphatic carbocycles. The maximum atomic E-state index is 10.4. The molecule has 0 spiro atoms. The topological polar surface area (TPSA) is 48.0 Å². The fourth-order valence-electron chi connectivity index (χ4n) is 3.65. The van der Waals surface area contributed by atoms with Crippen molar-refractivity contribution in [1.82, 2.24) is 10.2 Å². The molecule has 1 atom stereocenters. The number of fused-ring (bicyclic) bond motifs is 1. The summed E-state index contributed by atoms with van der Waals surface area (Å²) in [4.78, 5) is 2.22. The van der Waals surface area contributed by atoms with E-state index >= 15 is 0 Å². The van der Waals surface area contributed by atoms with Crippen LogP contribution in [0.1, 0.15) is 18.4 Å². The molecule has 0 bridgehead atoms. The maximum Gasteiger partial charge on any atom is 0.254 e. The van der Waals surface area contributed by atoms with Crippen LogP contribution in [0.15, 0.2) is 54.6 Å². The van der Waals surface area contributed by atoms with Gasteiger partial charge in [0.25, 0.3) is 6.35 Å². The summed E-state index contributed by atoms with van der Waals surface area (Å²) in [6, 6.07) is 18.1. The molecule has 2 aromatic carbocycles. The van der Waals surface area contributed by atoms with E-state index in [1.165, 1.54) is 10.6 Å². The van der Waals surface area contributed by atoms with Gasteiger partial charge in [0.15, 0.2) is 0 Å². The van der Waals surface area contributed by atoms with Crippen molar-refractivity contribution in [2.24, 2.45) is 5.92 Å². The van der Waals surface area contributed by atoms with Crippen molar-refractivity contribution < 1.29 is 9.94 Å². The summed E-state index contributed by atoms with van der Waals surface area (Å²) in [6.45, 7) is 3.84. The molecular weight excluding hydrogens is 314 g/mol. The molecule has 1 fully saturated rings. The Morgan fingerprint density at radius 3 is 2.48 bits per heavy atom. The average molecular weight is 339 g/mol. The van der Waals surface area contributed by atoms with Crippen molar-refractivity contribution in [3.8, 4) is 5.75 Å². The molecule has 0 radical (unpaired) electrons. The highest BCUT2D eigenvalue weighted by Crippen LogP contribution is 2.37. The van der Waals surface area contributed by atoms with Gasteiger partial charge in [-0.25, -0.2) is 4.90 Å². The van der Waals surface area contributed by atoms with Crippen LogP contribution in [-0.2, 0) is 6.54 Å². The van der Waals surface area contributed by atoms with Gasteiger partial charge in [-0.2, -0.15) is 5.06 Å². The van der Waals surface area contributed by atoms with Gasteiger partial charge in [0.1, 0.15) is 11.4 Å². The van der Waals surface area contributed by atoms with E-state index in [1.54, 1.807) is 0 Å². The Labute approximate surface area is 148 Å². The number of anilines is 1.